The van der Waals surface area contributed by atoms with Crippen LogP contribution >= 0.6 is 0 Å². The molecule has 2 fully saturated rings. The van der Waals surface area contributed by atoms with Crippen LogP contribution in [0.4, 0.5) is 10.5 Å². The largest absolute Gasteiger partial charge is 0.465 e. The van der Waals surface area contributed by atoms with E-state index in [0.29, 0.717) is 6.54 Å². The molecule has 1 saturated carbocycles. The van der Waals surface area contributed by atoms with Crippen molar-refractivity contribution in [3.8, 4) is 0 Å². The van der Waals surface area contributed by atoms with Gasteiger partial charge >= 0.3 is 6.09 Å². The number of benzene rings is 1. The van der Waals surface area contributed by atoms with Gasteiger partial charge in [-0.3, -0.25) is 9.69 Å². The highest BCUT2D eigenvalue weighted by molar-refractivity contribution is 5.82. The van der Waals surface area contributed by atoms with Gasteiger partial charge in [0.05, 0.1) is 18.0 Å². The number of rotatable bonds is 3. The predicted molar refractivity (Wildman–Crippen MR) is 129 cm³/mol. The summed E-state index contributed by atoms with van der Waals surface area (Å²) in [6.45, 7) is 6.42. The molecule has 0 radical (unpaired) electrons. The summed E-state index contributed by atoms with van der Waals surface area (Å²) >= 11 is 0. The second-order valence-electron chi connectivity index (χ2n) is 10.9. The van der Waals surface area contributed by atoms with Crippen molar-refractivity contribution in [1.82, 2.24) is 19.8 Å². The third kappa shape index (κ3) is 3.83. The van der Waals surface area contributed by atoms with Gasteiger partial charge in [0, 0.05) is 42.1 Å². The summed E-state index contributed by atoms with van der Waals surface area (Å²) < 4.78 is 0. The Hall–Kier alpha value is -3.03. The number of imidazole rings is 1. The van der Waals surface area contributed by atoms with Crippen LogP contribution in [-0.4, -0.2) is 55.0 Å². The first-order valence-corrected chi connectivity index (χ1v) is 12.4. The zero-order chi connectivity index (χ0) is 24.0. The molecule has 5 atom stereocenters. The molecule has 0 spiro atoms. The molecule has 1 aromatic carbocycles. The SMILES string of the molecule is CC(C)(C)N(C(=O)O)[C@@H]1CCCC[C@@H]1C(=O)N1CC[C@H]2[C@H](c3ncc[nH]3)Nc3ccccc3[C@@H]21. The fourth-order valence-corrected chi connectivity index (χ4v) is 6.54. The third-order valence-corrected chi connectivity index (χ3v) is 7.87. The zero-order valence-electron chi connectivity index (χ0n) is 20.2. The smallest absolute Gasteiger partial charge is 0.408 e. The summed E-state index contributed by atoms with van der Waals surface area (Å²) in [5, 5.41) is 13.7. The predicted octanol–water partition coefficient (Wildman–Crippen LogP) is 4.80. The van der Waals surface area contributed by atoms with E-state index in [1.54, 1.807) is 6.20 Å². The van der Waals surface area contributed by atoms with Crippen LogP contribution in [0, 0.1) is 11.8 Å². The van der Waals surface area contributed by atoms with Gasteiger partial charge in [0.1, 0.15) is 5.82 Å². The van der Waals surface area contributed by atoms with Crippen LogP contribution in [0.2, 0.25) is 0 Å². The van der Waals surface area contributed by atoms with E-state index in [2.05, 4.69) is 27.4 Å². The van der Waals surface area contributed by atoms with Gasteiger partial charge in [0.15, 0.2) is 0 Å². The van der Waals surface area contributed by atoms with E-state index in [4.69, 9.17) is 0 Å². The molecule has 8 nitrogen and oxygen atoms in total. The molecule has 3 aliphatic rings. The molecule has 1 saturated heterocycles. The van der Waals surface area contributed by atoms with Gasteiger partial charge in [0.2, 0.25) is 5.91 Å². The fraction of sp³-hybridized carbons (Fsp3) is 0.577. The Kier molecular flexibility index (Phi) is 5.78. The highest BCUT2D eigenvalue weighted by atomic mass is 16.4. The van der Waals surface area contributed by atoms with Crippen molar-refractivity contribution in [2.24, 2.45) is 11.8 Å². The van der Waals surface area contributed by atoms with Crippen LogP contribution in [0.15, 0.2) is 36.7 Å². The summed E-state index contributed by atoms with van der Waals surface area (Å²) in [5.74, 6) is 0.874. The second-order valence-corrected chi connectivity index (χ2v) is 10.9. The number of amides is 2. The number of aromatic amines is 1. The Labute approximate surface area is 200 Å². The number of H-pyrrole nitrogens is 1. The van der Waals surface area contributed by atoms with Crippen molar-refractivity contribution in [3.63, 3.8) is 0 Å². The molecule has 0 bridgehead atoms. The number of hydrogen-bond acceptors (Lipinski definition) is 4. The van der Waals surface area contributed by atoms with Crippen molar-refractivity contribution >= 4 is 17.7 Å². The Morgan fingerprint density at radius 3 is 2.62 bits per heavy atom. The maximum atomic E-state index is 14.2. The number of carbonyl (C=O) groups excluding carboxylic acids is 1. The van der Waals surface area contributed by atoms with E-state index in [-0.39, 0.29) is 35.9 Å². The zero-order valence-corrected chi connectivity index (χ0v) is 20.2. The minimum atomic E-state index is -0.943. The first-order valence-electron chi connectivity index (χ1n) is 12.4. The molecule has 5 rings (SSSR count). The normalized spacial score (nSPS) is 28.6. The molecule has 1 aromatic heterocycles. The number of para-hydroxylation sites is 1. The van der Waals surface area contributed by atoms with Crippen molar-refractivity contribution in [1.29, 1.82) is 0 Å². The van der Waals surface area contributed by atoms with Gasteiger partial charge in [-0.25, -0.2) is 9.78 Å². The summed E-state index contributed by atoms with van der Waals surface area (Å²) in [4.78, 5) is 37.8. The van der Waals surface area contributed by atoms with E-state index in [1.807, 2.05) is 44.0 Å². The maximum absolute atomic E-state index is 14.2. The van der Waals surface area contributed by atoms with Gasteiger partial charge in [-0.1, -0.05) is 31.0 Å². The highest BCUT2D eigenvalue weighted by Gasteiger charge is 2.50. The number of aromatic nitrogens is 2. The number of anilines is 1. The number of carboxylic acid groups (broad SMARTS) is 1. The number of nitrogens with one attached hydrogen (secondary N) is 2. The molecule has 34 heavy (non-hydrogen) atoms. The van der Waals surface area contributed by atoms with Crippen molar-refractivity contribution in [3.05, 3.63) is 48.0 Å². The summed E-state index contributed by atoms with van der Waals surface area (Å²) in [6.07, 6.45) is 6.92. The quantitative estimate of drug-likeness (QED) is 0.604. The minimum Gasteiger partial charge on any atom is -0.465 e. The fourth-order valence-electron chi connectivity index (χ4n) is 6.54. The Morgan fingerprint density at radius 2 is 1.91 bits per heavy atom. The van der Waals surface area contributed by atoms with Crippen LogP contribution < -0.4 is 5.32 Å². The van der Waals surface area contributed by atoms with Crippen molar-refractivity contribution in [2.75, 3.05) is 11.9 Å². The third-order valence-electron chi connectivity index (χ3n) is 7.87. The molecule has 2 amide bonds. The summed E-state index contributed by atoms with van der Waals surface area (Å²) in [6, 6.07) is 7.88. The van der Waals surface area contributed by atoms with Crippen LogP contribution in [-0.2, 0) is 4.79 Å². The van der Waals surface area contributed by atoms with Crippen LogP contribution in [0.5, 0.6) is 0 Å². The summed E-state index contributed by atoms with van der Waals surface area (Å²) in [5.41, 5.74) is 1.61. The van der Waals surface area contributed by atoms with Crippen molar-refractivity contribution in [2.45, 2.75) is 76.5 Å². The lowest BCUT2D eigenvalue weighted by Crippen LogP contribution is -2.57. The first-order chi connectivity index (χ1) is 16.3. The summed E-state index contributed by atoms with van der Waals surface area (Å²) in [7, 11) is 0. The van der Waals surface area contributed by atoms with Crippen LogP contribution in [0.3, 0.4) is 0 Å². The number of carbonyl (C=O) groups is 2. The average Bonchev–Trinajstić information content (AvgIpc) is 3.48. The van der Waals surface area contributed by atoms with Gasteiger partial charge in [-0.15, -0.1) is 0 Å². The Morgan fingerprint density at radius 1 is 1.15 bits per heavy atom. The number of hydrogen-bond donors (Lipinski definition) is 3. The molecular formula is C26H35N5O3. The lowest BCUT2D eigenvalue weighted by molar-refractivity contribution is -0.141. The van der Waals surface area contributed by atoms with E-state index >= 15 is 0 Å². The maximum Gasteiger partial charge on any atom is 0.408 e. The molecule has 8 heteroatoms. The monoisotopic (exact) mass is 465 g/mol. The van der Waals surface area contributed by atoms with E-state index < -0.39 is 11.6 Å². The molecule has 3 N–H and O–H groups in total. The van der Waals surface area contributed by atoms with Gasteiger partial charge in [-0.2, -0.15) is 0 Å². The van der Waals surface area contributed by atoms with E-state index in [1.165, 1.54) is 4.90 Å². The molecule has 2 aliphatic heterocycles. The number of likely N-dealkylation sites (tertiary alicyclic amines) is 1. The van der Waals surface area contributed by atoms with E-state index in [0.717, 1.165) is 49.2 Å². The van der Waals surface area contributed by atoms with E-state index in [9.17, 15) is 14.7 Å². The lowest BCUT2D eigenvalue weighted by atomic mass is 9.79. The van der Waals surface area contributed by atoms with Crippen LogP contribution in [0.25, 0.3) is 0 Å². The molecular weight excluding hydrogens is 430 g/mol. The molecule has 2 aromatic rings. The number of nitrogens with zero attached hydrogens (tertiary/aromatic N) is 3. The molecule has 182 valence electrons. The Bertz CT molecular complexity index is 1050. The highest BCUT2D eigenvalue weighted by Crippen LogP contribution is 2.51. The lowest BCUT2D eigenvalue weighted by Gasteiger charge is -2.46. The standard InChI is InChI=1S/C26H35N5O3/c1-26(2,3)31(25(33)34)20-11-7-5-9-17(20)24(32)30-15-12-18-21(23-27-13-14-28-23)29-19-10-6-4-8-16(19)22(18)30/h4,6,8,10,13-14,17-18,20-22,29H,5,7,9,11-12,15H2,1-3H3,(H,27,28)(H,33,34)/t17-,18-,20+,21+,22-/m0/s1. The molecule has 3 heterocycles. The average molecular weight is 466 g/mol. The first kappa shape index (κ1) is 22.7. The topological polar surface area (TPSA) is 102 Å². The minimum absolute atomic E-state index is 0.0000500. The number of fused-ring (bicyclic) bond motifs is 3. The second kappa shape index (κ2) is 8.64. The molecule has 0 unspecified atom stereocenters. The van der Waals surface area contributed by atoms with Gasteiger partial charge in [-0.05, 0) is 51.7 Å². The van der Waals surface area contributed by atoms with Crippen molar-refractivity contribution < 1.29 is 14.7 Å². The Balaban J connectivity index is 1.49. The van der Waals surface area contributed by atoms with Crippen LogP contribution in [0.1, 0.15) is 76.3 Å². The van der Waals surface area contributed by atoms with Gasteiger partial charge in [0.25, 0.3) is 0 Å². The van der Waals surface area contributed by atoms with Gasteiger partial charge < -0.3 is 20.3 Å². The molecule has 1 aliphatic carbocycles.